The number of carbonyl (C=O) groups is 1. The molecule has 0 radical (unpaired) electrons. The van der Waals surface area contributed by atoms with Crippen LogP contribution in [0, 0.1) is 5.92 Å². The second-order valence-corrected chi connectivity index (χ2v) is 5.64. The summed E-state index contributed by atoms with van der Waals surface area (Å²) in [4.78, 5) is 15.9. The fraction of sp³-hybridized carbons (Fsp3) is 0.571. The van der Waals surface area contributed by atoms with Gasteiger partial charge in [-0.1, -0.05) is 0 Å². The Balaban J connectivity index is 1.96. The van der Waals surface area contributed by atoms with Crippen LogP contribution in [-0.4, -0.2) is 35.8 Å². The Morgan fingerprint density at radius 1 is 1.45 bits per heavy atom. The molecule has 1 aliphatic carbocycles. The number of rotatable bonds is 6. The lowest BCUT2D eigenvalue weighted by Crippen LogP contribution is -2.53. The Bertz CT molecular complexity index is 529. The molecule has 1 heterocycles. The van der Waals surface area contributed by atoms with Gasteiger partial charge in [0, 0.05) is 18.8 Å². The van der Waals surface area contributed by atoms with Crippen LogP contribution in [0.25, 0.3) is 0 Å². The highest BCUT2D eigenvalue weighted by Crippen LogP contribution is 2.39. The standard InChI is InChI=1S/C14H18F3N3O2/c1-13(7-18,10-3-4-10)20-12(21)9-2-5-11(19-6-9)22-8-14(15,16)17/h2,5-6,10H,3-4,7-8,18H2,1H3,(H,20,21). The maximum atomic E-state index is 12.2. The molecular weight excluding hydrogens is 299 g/mol. The normalized spacial score (nSPS) is 17.7. The van der Waals surface area contributed by atoms with E-state index in [-0.39, 0.29) is 17.4 Å². The Hall–Kier alpha value is -1.83. The Morgan fingerprint density at radius 2 is 2.14 bits per heavy atom. The van der Waals surface area contributed by atoms with Crippen LogP contribution in [0.15, 0.2) is 18.3 Å². The molecule has 22 heavy (non-hydrogen) atoms. The minimum absolute atomic E-state index is 0.183. The second kappa shape index (κ2) is 6.12. The van der Waals surface area contributed by atoms with Crippen molar-refractivity contribution in [3.63, 3.8) is 0 Å². The number of alkyl halides is 3. The van der Waals surface area contributed by atoms with Crippen LogP contribution in [0.5, 0.6) is 5.88 Å². The molecule has 0 bridgehead atoms. The van der Waals surface area contributed by atoms with Gasteiger partial charge < -0.3 is 15.8 Å². The van der Waals surface area contributed by atoms with Gasteiger partial charge in [-0.3, -0.25) is 4.79 Å². The SMILES string of the molecule is CC(CN)(NC(=O)c1ccc(OCC(F)(F)F)nc1)C1CC1. The predicted octanol–water partition coefficient (Wildman–Crippen LogP) is 1.88. The first-order valence-corrected chi connectivity index (χ1v) is 6.92. The maximum Gasteiger partial charge on any atom is 0.422 e. The predicted molar refractivity (Wildman–Crippen MR) is 73.4 cm³/mol. The quantitative estimate of drug-likeness (QED) is 0.840. The molecule has 1 aromatic rings. The van der Waals surface area contributed by atoms with E-state index in [0.717, 1.165) is 12.8 Å². The third kappa shape index (κ3) is 4.33. The van der Waals surface area contributed by atoms with E-state index in [1.165, 1.54) is 18.3 Å². The number of hydrogen-bond donors (Lipinski definition) is 2. The van der Waals surface area contributed by atoms with Crippen molar-refractivity contribution in [1.29, 1.82) is 0 Å². The molecule has 1 unspecified atom stereocenters. The monoisotopic (exact) mass is 317 g/mol. The van der Waals surface area contributed by atoms with E-state index < -0.39 is 18.3 Å². The van der Waals surface area contributed by atoms with Crippen molar-refractivity contribution < 1.29 is 22.7 Å². The summed E-state index contributed by atoms with van der Waals surface area (Å²) in [5.41, 5.74) is 5.50. The number of nitrogens with zero attached hydrogens (tertiary/aromatic N) is 1. The molecule has 0 saturated heterocycles. The summed E-state index contributed by atoms with van der Waals surface area (Å²) in [6.45, 7) is 0.791. The zero-order valence-corrected chi connectivity index (χ0v) is 12.1. The summed E-state index contributed by atoms with van der Waals surface area (Å²) in [5.74, 6) is -0.170. The lowest BCUT2D eigenvalue weighted by molar-refractivity contribution is -0.154. The van der Waals surface area contributed by atoms with Gasteiger partial charge in [0.1, 0.15) is 0 Å². The van der Waals surface area contributed by atoms with Crippen molar-refractivity contribution >= 4 is 5.91 Å². The molecule has 1 saturated carbocycles. The average molecular weight is 317 g/mol. The van der Waals surface area contributed by atoms with Crippen molar-refractivity contribution in [3.8, 4) is 5.88 Å². The third-order valence-electron chi connectivity index (χ3n) is 3.68. The van der Waals surface area contributed by atoms with E-state index in [9.17, 15) is 18.0 Å². The fourth-order valence-electron chi connectivity index (χ4n) is 2.13. The molecule has 1 fully saturated rings. The van der Waals surface area contributed by atoms with Crippen LogP contribution in [-0.2, 0) is 0 Å². The number of pyridine rings is 1. The zero-order valence-electron chi connectivity index (χ0n) is 12.1. The number of ether oxygens (including phenoxy) is 1. The van der Waals surface area contributed by atoms with Crippen molar-refractivity contribution in [2.45, 2.75) is 31.5 Å². The molecule has 8 heteroatoms. The third-order valence-corrected chi connectivity index (χ3v) is 3.68. The molecule has 0 spiro atoms. The van der Waals surface area contributed by atoms with E-state index in [4.69, 9.17) is 5.73 Å². The fourth-order valence-corrected chi connectivity index (χ4v) is 2.13. The van der Waals surface area contributed by atoms with Gasteiger partial charge in [0.15, 0.2) is 6.61 Å². The summed E-state index contributed by atoms with van der Waals surface area (Å²) < 4.78 is 40.6. The van der Waals surface area contributed by atoms with Gasteiger partial charge in [-0.2, -0.15) is 13.2 Å². The molecule has 122 valence electrons. The van der Waals surface area contributed by atoms with Crippen LogP contribution in [0.2, 0.25) is 0 Å². The van der Waals surface area contributed by atoms with E-state index in [1.54, 1.807) is 0 Å². The molecule has 1 aliphatic rings. The number of hydrogen-bond acceptors (Lipinski definition) is 4. The molecular formula is C14H18F3N3O2. The maximum absolute atomic E-state index is 12.2. The Morgan fingerprint density at radius 3 is 2.59 bits per heavy atom. The summed E-state index contributed by atoms with van der Waals surface area (Å²) in [6, 6.07) is 2.61. The van der Waals surface area contributed by atoms with E-state index >= 15 is 0 Å². The molecule has 5 nitrogen and oxygen atoms in total. The highest BCUT2D eigenvalue weighted by Gasteiger charge is 2.41. The summed E-state index contributed by atoms with van der Waals surface area (Å²) in [5, 5.41) is 2.87. The molecule has 1 aromatic heterocycles. The number of amides is 1. The topological polar surface area (TPSA) is 77.2 Å². The summed E-state index contributed by atoms with van der Waals surface area (Å²) >= 11 is 0. The van der Waals surface area contributed by atoms with Crippen LogP contribution in [0.1, 0.15) is 30.1 Å². The van der Waals surface area contributed by atoms with E-state index in [1.807, 2.05) is 6.92 Å². The molecule has 1 amide bonds. The smallest absolute Gasteiger partial charge is 0.422 e. The van der Waals surface area contributed by atoms with E-state index in [0.29, 0.717) is 12.5 Å². The summed E-state index contributed by atoms with van der Waals surface area (Å²) in [6.07, 6.45) is -1.19. The van der Waals surface area contributed by atoms with Crippen LogP contribution in [0.3, 0.4) is 0 Å². The van der Waals surface area contributed by atoms with Gasteiger partial charge in [-0.15, -0.1) is 0 Å². The zero-order chi connectivity index (χ0) is 16.4. The van der Waals surface area contributed by atoms with Gasteiger partial charge in [-0.25, -0.2) is 4.98 Å². The van der Waals surface area contributed by atoms with Crippen LogP contribution >= 0.6 is 0 Å². The number of halogens is 3. The molecule has 0 aliphatic heterocycles. The van der Waals surface area contributed by atoms with Gasteiger partial charge in [0.2, 0.25) is 5.88 Å². The van der Waals surface area contributed by atoms with Crippen molar-refractivity contribution in [2.75, 3.05) is 13.2 Å². The minimum atomic E-state index is -4.43. The first kappa shape index (κ1) is 16.5. The van der Waals surface area contributed by atoms with Gasteiger partial charge in [0.05, 0.1) is 11.1 Å². The van der Waals surface area contributed by atoms with Gasteiger partial charge in [0.25, 0.3) is 5.91 Å². The van der Waals surface area contributed by atoms with E-state index in [2.05, 4.69) is 15.0 Å². The van der Waals surface area contributed by atoms with Crippen LogP contribution in [0.4, 0.5) is 13.2 Å². The Kier molecular flexibility index (Phi) is 4.60. The first-order valence-electron chi connectivity index (χ1n) is 6.92. The molecule has 3 N–H and O–H groups in total. The number of nitrogens with two attached hydrogens (primary N) is 1. The number of aromatic nitrogens is 1. The number of nitrogens with one attached hydrogen (secondary N) is 1. The molecule has 1 atom stereocenters. The van der Waals surface area contributed by atoms with Crippen molar-refractivity contribution in [1.82, 2.24) is 10.3 Å². The molecule has 2 rings (SSSR count). The highest BCUT2D eigenvalue weighted by molar-refractivity contribution is 5.94. The number of carbonyl (C=O) groups excluding carboxylic acids is 1. The lowest BCUT2D eigenvalue weighted by atomic mass is 9.95. The van der Waals surface area contributed by atoms with Crippen molar-refractivity contribution in [3.05, 3.63) is 23.9 Å². The second-order valence-electron chi connectivity index (χ2n) is 5.64. The average Bonchev–Trinajstić information content (AvgIpc) is 3.29. The first-order chi connectivity index (χ1) is 10.2. The van der Waals surface area contributed by atoms with Crippen molar-refractivity contribution in [2.24, 2.45) is 11.7 Å². The largest absolute Gasteiger partial charge is 0.468 e. The lowest BCUT2D eigenvalue weighted by Gasteiger charge is -2.29. The van der Waals surface area contributed by atoms with Crippen LogP contribution < -0.4 is 15.8 Å². The highest BCUT2D eigenvalue weighted by atomic mass is 19.4. The minimum Gasteiger partial charge on any atom is -0.468 e. The summed E-state index contributed by atoms with van der Waals surface area (Å²) in [7, 11) is 0. The molecule has 0 aromatic carbocycles. The Labute approximate surface area is 126 Å². The van der Waals surface area contributed by atoms with Gasteiger partial charge >= 0.3 is 6.18 Å². The van der Waals surface area contributed by atoms with Gasteiger partial charge in [-0.05, 0) is 31.7 Å².